The van der Waals surface area contributed by atoms with Crippen LogP contribution >= 0.6 is 0 Å². The fourth-order valence-corrected chi connectivity index (χ4v) is 3.00. The molecule has 1 aliphatic rings. The molecule has 0 atom stereocenters. The number of hydrogen-bond donors (Lipinski definition) is 0. The van der Waals surface area contributed by atoms with Crippen molar-refractivity contribution in [3.63, 3.8) is 0 Å². The van der Waals surface area contributed by atoms with Crippen molar-refractivity contribution in [1.29, 1.82) is 0 Å². The highest BCUT2D eigenvalue weighted by Crippen LogP contribution is 2.36. The first-order chi connectivity index (χ1) is 8.93. The summed E-state index contributed by atoms with van der Waals surface area (Å²) in [4.78, 5) is 4.40. The van der Waals surface area contributed by atoms with Gasteiger partial charge in [-0.05, 0) is 34.9 Å². The predicted octanol–water partition coefficient (Wildman–Crippen LogP) is 4.00. The third kappa shape index (κ3) is 1.31. The van der Waals surface area contributed by atoms with Gasteiger partial charge in [-0.1, -0.05) is 42.5 Å². The Morgan fingerprint density at radius 3 is 2.56 bits per heavy atom. The average Bonchev–Trinajstić information content (AvgIpc) is 2.60. The lowest BCUT2D eigenvalue weighted by Crippen LogP contribution is -1.89. The van der Waals surface area contributed by atoms with Crippen molar-refractivity contribution >= 4 is 10.8 Å². The van der Waals surface area contributed by atoms with E-state index < -0.39 is 0 Å². The molecule has 0 saturated heterocycles. The summed E-state index contributed by atoms with van der Waals surface area (Å²) < 4.78 is 0. The van der Waals surface area contributed by atoms with E-state index in [0.29, 0.717) is 0 Å². The van der Waals surface area contributed by atoms with Gasteiger partial charge in [-0.15, -0.1) is 0 Å². The number of aryl methyl sites for hydroxylation is 2. The van der Waals surface area contributed by atoms with Crippen LogP contribution in [0.2, 0.25) is 0 Å². The van der Waals surface area contributed by atoms with Crippen LogP contribution in [0, 0.1) is 0 Å². The number of pyridine rings is 1. The normalized spacial score (nSPS) is 13.1. The molecule has 1 aliphatic carbocycles. The van der Waals surface area contributed by atoms with E-state index in [-0.39, 0.29) is 0 Å². The largest absolute Gasteiger partial charge is 0.263 e. The van der Waals surface area contributed by atoms with Gasteiger partial charge in [0, 0.05) is 23.3 Å². The van der Waals surface area contributed by atoms with Crippen molar-refractivity contribution in [1.82, 2.24) is 4.98 Å². The zero-order valence-electron chi connectivity index (χ0n) is 10.1. The van der Waals surface area contributed by atoms with E-state index in [9.17, 15) is 0 Å². The van der Waals surface area contributed by atoms with Crippen molar-refractivity contribution < 1.29 is 0 Å². The fourth-order valence-electron chi connectivity index (χ4n) is 3.00. The number of fused-ring (bicyclic) bond motifs is 2. The van der Waals surface area contributed by atoms with Crippen molar-refractivity contribution in [2.24, 2.45) is 0 Å². The molecule has 0 saturated carbocycles. The smallest absolute Gasteiger partial charge is 0.0353 e. The SMILES string of the molecule is c1ccc2c(c1)CCc1cccc3cncc-2c13. The third-order valence-corrected chi connectivity index (χ3v) is 3.84. The second kappa shape index (κ2) is 3.67. The van der Waals surface area contributed by atoms with Gasteiger partial charge in [0.1, 0.15) is 0 Å². The molecule has 3 aromatic rings. The maximum Gasteiger partial charge on any atom is 0.0353 e. The molecule has 18 heavy (non-hydrogen) atoms. The molecule has 0 unspecified atom stereocenters. The van der Waals surface area contributed by atoms with Crippen molar-refractivity contribution in [3.8, 4) is 11.1 Å². The molecule has 1 nitrogen and oxygen atoms in total. The number of benzene rings is 2. The standard InChI is InChI=1S/C17H13N/c1-2-7-15-12(4-1)8-9-13-5-3-6-14-10-18-11-16(15)17(13)14/h1-7,10-11H,8-9H2. The highest BCUT2D eigenvalue weighted by molar-refractivity contribution is 5.99. The number of rotatable bonds is 0. The summed E-state index contributed by atoms with van der Waals surface area (Å²) in [5.41, 5.74) is 5.51. The Morgan fingerprint density at radius 2 is 1.56 bits per heavy atom. The van der Waals surface area contributed by atoms with Crippen LogP contribution in [0.3, 0.4) is 0 Å². The van der Waals surface area contributed by atoms with Gasteiger partial charge >= 0.3 is 0 Å². The lowest BCUT2D eigenvalue weighted by molar-refractivity contribution is 0.978. The molecule has 0 fully saturated rings. The van der Waals surface area contributed by atoms with E-state index in [4.69, 9.17) is 0 Å². The quantitative estimate of drug-likeness (QED) is 0.570. The van der Waals surface area contributed by atoms with E-state index in [2.05, 4.69) is 47.4 Å². The molecule has 0 aliphatic heterocycles. The molecule has 0 amide bonds. The van der Waals surface area contributed by atoms with Crippen molar-refractivity contribution in [3.05, 3.63) is 66.0 Å². The maximum absolute atomic E-state index is 4.40. The Kier molecular flexibility index (Phi) is 2.01. The molecule has 0 radical (unpaired) electrons. The van der Waals surface area contributed by atoms with E-state index in [0.717, 1.165) is 12.8 Å². The van der Waals surface area contributed by atoms with Crippen molar-refractivity contribution in [2.75, 3.05) is 0 Å². The minimum Gasteiger partial charge on any atom is -0.263 e. The lowest BCUT2D eigenvalue weighted by Gasteiger charge is -2.08. The minimum atomic E-state index is 1.12. The number of aromatic nitrogens is 1. The van der Waals surface area contributed by atoms with Crippen LogP contribution < -0.4 is 0 Å². The second-order valence-corrected chi connectivity index (χ2v) is 4.86. The van der Waals surface area contributed by atoms with Crippen LogP contribution in [0.15, 0.2) is 54.9 Å². The fraction of sp³-hybridized carbons (Fsp3) is 0.118. The molecule has 1 heterocycles. The summed E-state index contributed by atoms with van der Waals surface area (Å²) in [6.07, 6.45) is 6.21. The number of nitrogens with zero attached hydrogens (tertiary/aromatic N) is 1. The van der Waals surface area contributed by atoms with Crippen LogP contribution in [0.25, 0.3) is 21.9 Å². The van der Waals surface area contributed by atoms with Gasteiger partial charge in [-0.2, -0.15) is 0 Å². The van der Waals surface area contributed by atoms with Gasteiger partial charge in [-0.3, -0.25) is 4.98 Å². The van der Waals surface area contributed by atoms with Gasteiger partial charge in [0.05, 0.1) is 0 Å². The summed E-state index contributed by atoms with van der Waals surface area (Å²) in [6.45, 7) is 0. The average molecular weight is 231 g/mol. The first-order valence-electron chi connectivity index (χ1n) is 6.37. The first-order valence-corrected chi connectivity index (χ1v) is 6.37. The number of hydrogen-bond acceptors (Lipinski definition) is 1. The minimum absolute atomic E-state index is 1.12. The van der Waals surface area contributed by atoms with E-state index in [1.165, 1.54) is 33.0 Å². The topological polar surface area (TPSA) is 12.9 Å². The Labute approximate surface area is 106 Å². The molecule has 2 aromatic carbocycles. The molecule has 1 heteroatoms. The van der Waals surface area contributed by atoms with Gasteiger partial charge in [0.25, 0.3) is 0 Å². The Bertz CT molecular complexity index is 738. The molecule has 86 valence electrons. The highest BCUT2D eigenvalue weighted by atomic mass is 14.6. The predicted molar refractivity (Wildman–Crippen MR) is 74.6 cm³/mol. The molecule has 1 aromatic heterocycles. The summed E-state index contributed by atoms with van der Waals surface area (Å²) in [7, 11) is 0. The van der Waals surface area contributed by atoms with Gasteiger partial charge < -0.3 is 0 Å². The Hall–Kier alpha value is -2.15. The van der Waals surface area contributed by atoms with E-state index >= 15 is 0 Å². The van der Waals surface area contributed by atoms with Gasteiger partial charge in [0.2, 0.25) is 0 Å². The van der Waals surface area contributed by atoms with E-state index in [1.807, 2.05) is 12.4 Å². The first kappa shape index (κ1) is 9.84. The van der Waals surface area contributed by atoms with Crippen LogP contribution in [-0.4, -0.2) is 4.98 Å². The molecule has 0 bridgehead atoms. The summed E-state index contributed by atoms with van der Waals surface area (Å²) in [5.74, 6) is 0. The second-order valence-electron chi connectivity index (χ2n) is 4.86. The maximum atomic E-state index is 4.40. The Morgan fingerprint density at radius 1 is 0.722 bits per heavy atom. The zero-order valence-corrected chi connectivity index (χ0v) is 10.1. The third-order valence-electron chi connectivity index (χ3n) is 3.84. The summed E-state index contributed by atoms with van der Waals surface area (Å²) in [6, 6.07) is 15.2. The monoisotopic (exact) mass is 231 g/mol. The van der Waals surface area contributed by atoms with E-state index in [1.54, 1.807) is 0 Å². The molecule has 0 N–H and O–H groups in total. The van der Waals surface area contributed by atoms with Crippen molar-refractivity contribution in [2.45, 2.75) is 12.8 Å². The molecular formula is C17H13N. The highest BCUT2D eigenvalue weighted by Gasteiger charge is 2.15. The van der Waals surface area contributed by atoms with Crippen LogP contribution in [0.4, 0.5) is 0 Å². The Balaban J connectivity index is 2.18. The van der Waals surface area contributed by atoms with Crippen LogP contribution in [0.5, 0.6) is 0 Å². The van der Waals surface area contributed by atoms with Crippen LogP contribution in [0.1, 0.15) is 11.1 Å². The molecule has 4 rings (SSSR count). The lowest BCUT2D eigenvalue weighted by atomic mass is 9.97. The van der Waals surface area contributed by atoms with Crippen LogP contribution in [-0.2, 0) is 12.8 Å². The zero-order chi connectivity index (χ0) is 11.9. The molecular weight excluding hydrogens is 218 g/mol. The molecule has 0 spiro atoms. The summed E-state index contributed by atoms with van der Waals surface area (Å²) in [5, 5.41) is 2.64. The van der Waals surface area contributed by atoms with Gasteiger partial charge in [-0.25, -0.2) is 0 Å². The summed E-state index contributed by atoms with van der Waals surface area (Å²) >= 11 is 0. The van der Waals surface area contributed by atoms with Gasteiger partial charge in [0.15, 0.2) is 0 Å².